The third kappa shape index (κ3) is 5.87. The SMILES string of the molecule is CC(=N)C(C#N)C(=O)COC(=O)CCOc1ccccc1. The number of carbonyl (C=O) groups excluding carboxylic acids is 2. The van der Waals surface area contributed by atoms with E-state index in [-0.39, 0.29) is 18.7 Å². The number of hydrogen-bond acceptors (Lipinski definition) is 6. The molecular formula is C15H16N2O4. The number of nitriles is 1. The van der Waals surface area contributed by atoms with Crippen LogP contribution >= 0.6 is 0 Å². The molecule has 0 bridgehead atoms. The van der Waals surface area contributed by atoms with E-state index < -0.39 is 24.3 Å². The van der Waals surface area contributed by atoms with Gasteiger partial charge in [-0.25, -0.2) is 0 Å². The Morgan fingerprint density at radius 3 is 2.57 bits per heavy atom. The van der Waals surface area contributed by atoms with E-state index in [4.69, 9.17) is 20.1 Å². The summed E-state index contributed by atoms with van der Waals surface area (Å²) in [5.41, 5.74) is -0.0639. The molecular weight excluding hydrogens is 272 g/mol. The van der Waals surface area contributed by atoms with Crippen molar-refractivity contribution in [3.8, 4) is 11.8 Å². The summed E-state index contributed by atoms with van der Waals surface area (Å²) >= 11 is 0. The van der Waals surface area contributed by atoms with Crippen LogP contribution in [0.5, 0.6) is 5.75 Å². The van der Waals surface area contributed by atoms with Gasteiger partial charge in [-0.05, 0) is 19.1 Å². The van der Waals surface area contributed by atoms with Gasteiger partial charge in [0.2, 0.25) is 0 Å². The molecule has 1 aromatic rings. The van der Waals surface area contributed by atoms with Crippen molar-refractivity contribution in [2.24, 2.45) is 5.92 Å². The number of nitrogens with zero attached hydrogens (tertiary/aromatic N) is 1. The van der Waals surface area contributed by atoms with Crippen molar-refractivity contribution < 1.29 is 19.1 Å². The van der Waals surface area contributed by atoms with Crippen LogP contribution in [0.3, 0.4) is 0 Å². The lowest BCUT2D eigenvalue weighted by Gasteiger charge is -2.08. The monoisotopic (exact) mass is 288 g/mol. The molecule has 0 aliphatic rings. The van der Waals surface area contributed by atoms with Crippen molar-refractivity contribution in [2.75, 3.05) is 13.2 Å². The predicted molar refractivity (Wildman–Crippen MR) is 75.0 cm³/mol. The molecule has 110 valence electrons. The zero-order valence-corrected chi connectivity index (χ0v) is 11.7. The maximum Gasteiger partial charge on any atom is 0.309 e. The average Bonchev–Trinajstić information content (AvgIpc) is 2.46. The highest BCUT2D eigenvalue weighted by Crippen LogP contribution is 2.08. The molecule has 0 aliphatic heterocycles. The van der Waals surface area contributed by atoms with Gasteiger partial charge >= 0.3 is 5.97 Å². The van der Waals surface area contributed by atoms with Crippen LogP contribution in [0.15, 0.2) is 30.3 Å². The highest BCUT2D eigenvalue weighted by atomic mass is 16.5. The van der Waals surface area contributed by atoms with Crippen molar-refractivity contribution >= 4 is 17.5 Å². The molecule has 0 spiro atoms. The number of Topliss-reactive ketones (excluding diaryl/α,β-unsaturated/α-hetero) is 1. The Labute approximate surface area is 122 Å². The molecule has 0 amide bonds. The molecule has 6 nitrogen and oxygen atoms in total. The van der Waals surface area contributed by atoms with Crippen molar-refractivity contribution in [3.63, 3.8) is 0 Å². The summed E-state index contributed by atoms with van der Waals surface area (Å²) in [5, 5.41) is 16.0. The van der Waals surface area contributed by atoms with E-state index in [1.165, 1.54) is 6.92 Å². The summed E-state index contributed by atoms with van der Waals surface area (Å²) in [7, 11) is 0. The van der Waals surface area contributed by atoms with Crippen molar-refractivity contribution in [3.05, 3.63) is 30.3 Å². The van der Waals surface area contributed by atoms with E-state index in [1.54, 1.807) is 18.2 Å². The molecule has 0 aromatic heterocycles. The Kier molecular flexibility index (Phi) is 6.61. The molecule has 1 rings (SSSR count). The van der Waals surface area contributed by atoms with Crippen LogP contribution in [0.2, 0.25) is 0 Å². The van der Waals surface area contributed by atoms with Gasteiger partial charge in [0.25, 0.3) is 0 Å². The molecule has 1 atom stereocenters. The van der Waals surface area contributed by atoms with Gasteiger partial charge in [-0.15, -0.1) is 0 Å². The Bertz CT molecular complexity index is 549. The Morgan fingerprint density at radius 1 is 1.33 bits per heavy atom. The van der Waals surface area contributed by atoms with Crippen LogP contribution < -0.4 is 4.74 Å². The summed E-state index contributed by atoms with van der Waals surface area (Å²) in [4.78, 5) is 23.0. The summed E-state index contributed by atoms with van der Waals surface area (Å²) in [5.74, 6) is -1.69. The second-order valence-electron chi connectivity index (χ2n) is 4.28. The van der Waals surface area contributed by atoms with Gasteiger partial charge in [0.1, 0.15) is 11.7 Å². The maximum atomic E-state index is 11.5. The highest BCUT2D eigenvalue weighted by molar-refractivity contribution is 6.05. The van der Waals surface area contributed by atoms with E-state index in [9.17, 15) is 9.59 Å². The molecule has 0 aliphatic carbocycles. The first-order valence-corrected chi connectivity index (χ1v) is 6.35. The molecule has 0 saturated carbocycles. The summed E-state index contributed by atoms with van der Waals surface area (Å²) in [6.45, 7) is 1.00. The normalized spacial score (nSPS) is 11.0. The number of nitrogens with one attached hydrogen (secondary N) is 1. The third-order valence-corrected chi connectivity index (χ3v) is 2.58. The first kappa shape index (κ1) is 16.4. The minimum Gasteiger partial charge on any atom is -0.493 e. The van der Waals surface area contributed by atoms with E-state index in [0.29, 0.717) is 5.75 Å². The smallest absolute Gasteiger partial charge is 0.309 e. The van der Waals surface area contributed by atoms with E-state index >= 15 is 0 Å². The van der Waals surface area contributed by atoms with Crippen molar-refractivity contribution in [1.82, 2.24) is 0 Å². The second kappa shape index (κ2) is 8.48. The van der Waals surface area contributed by atoms with Gasteiger partial charge < -0.3 is 14.9 Å². The number of ketones is 1. The standard InChI is InChI=1S/C15H16N2O4/c1-11(17)13(9-16)14(18)10-21-15(19)7-8-20-12-5-3-2-4-6-12/h2-6,13,17H,7-8,10H2,1H3. The number of benzene rings is 1. The summed E-state index contributed by atoms with van der Waals surface area (Å²) in [6, 6.07) is 10.7. The van der Waals surface area contributed by atoms with E-state index in [1.807, 2.05) is 18.2 Å². The number of ether oxygens (including phenoxy) is 2. The van der Waals surface area contributed by atoms with Gasteiger partial charge in [0.05, 0.1) is 19.1 Å². The van der Waals surface area contributed by atoms with Crippen LogP contribution in [0, 0.1) is 22.7 Å². The average molecular weight is 288 g/mol. The molecule has 0 radical (unpaired) electrons. The summed E-state index contributed by atoms with van der Waals surface area (Å²) in [6.07, 6.45) is 0.00294. The zero-order chi connectivity index (χ0) is 15.7. The number of carbonyl (C=O) groups is 2. The fourth-order valence-corrected chi connectivity index (χ4v) is 1.49. The molecule has 21 heavy (non-hydrogen) atoms. The predicted octanol–water partition coefficient (Wildman–Crippen LogP) is 1.75. The lowest BCUT2D eigenvalue weighted by atomic mass is 10.0. The van der Waals surface area contributed by atoms with Crippen molar-refractivity contribution in [2.45, 2.75) is 13.3 Å². The van der Waals surface area contributed by atoms with Gasteiger partial charge in [-0.3, -0.25) is 9.59 Å². The van der Waals surface area contributed by atoms with Crippen LogP contribution in [0.1, 0.15) is 13.3 Å². The van der Waals surface area contributed by atoms with Crippen LogP contribution in [0.25, 0.3) is 0 Å². The fraction of sp³-hybridized carbons (Fsp3) is 0.333. The second-order valence-corrected chi connectivity index (χ2v) is 4.28. The summed E-state index contributed by atoms with van der Waals surface area (Å²) < 4.78 is 10.1. The Balaban J connectivity index is 2.27. The van der Waals surface area contributed by atoms with E-state index in [2.05, 4.69) is 0 Å². The molecule has 0 saturated heterocycles. The number of esters is 1. The van der Waals surface area contributed by atoms with Gasteiger partial charge in [-0.2, -0.15) is 5.26 Å². The Morgan fingerprint density at radius 2 is 2.00 bits per heavy atom. The maximum absolute atomic E-state index is 11.5. The topological polar surface area (TPSA) is 100 Å². The quantitative estimate of drug-likeness (QED) is 0.580. The third-order valence-electron chi connectivity index (χ3n) is 2.58. The largest absolute Gasteiger partial charge is 0.493 e. The minimum absolute atomic E-state index is 0.00294. The molecule has 1 unspecified atom stereocenters. The zero-order valence-electron chi connectivity index (χ0n) is 11.7. The number of hydrogen-bond donors (Lipinski definition) is 1. The van der Waals surface area contributed by atoms with Gasteiger partial charge in [0.15, 0.2) is 12.4 Å². The molecule has 0 fully saturated rings. The highest BCUT2D eigenvalue weighted by Gasteiger charge is 2.21. The fourth-order valence-electron chi connectivity index (χ4n) is 1.49. The molecule has 1 aromatic carbocycles. The minimum atomic E-state index is -1.15. The molecule has 0 heterocycles. The van der Waals surface area contributed by atoms with E-state index in [0.717, 1.165) is 0 Å². The van der Waals surface area contributed by atoms with Crippen molar-refractivity contribution in [1.29, 1.82) is 10.7 Å². The molecule has 6 heteroatoms. The lowest BCUT2D eigenvalue weighted by molar-refractivity contribution is -0.148. The lowest BCUT2D eigenvalue weighted by Crippen LogP contribution is -2.25. The van der Waals surface area contributed by atoms with Crippen LogP contribution in [0.4, 0.5) is 0 Å². The van der Waals surface area contributed by atoms with Crippen LogP contribution in [-0.2, 0) is 14.3 Å². The number of rotatable bonds is 8. The van der Waals surface area contributed by atoms with Gasteiger partial charge in [0, 0.05) is 5.71 Å². The van der Waals surface area contributed by atoms with Crippen LogP contribution in [-0.4, -0.2) is 30.7 Å². The molecule has 1 N–H and O–H groups in total. The Hall–Kier alpha value is -2.68. The first-order valence-electron chi connectivity index (χ1n) is 6.35. The van der Waals surface area contributed by atoms with Gasteiger partial charge in [-0.1, -0.05) is 18.2 Å². The number of para-hydroxylation sites is 1. The first-order chi connectivity index (χ1) is 10.0.